The molecule has 0 saturated carbocycles. The number of piperidine rings is 1. The van der Waals surface area contributed by atoms with Gasteiger partial charge in [0, 0.05) is 12.6 Å². The SMILES string of the molecule is CC[C@H](NC(=O)N(CC)C1CCNCC1)C(=O)O. The van der Waals surface area contributed by atoms with Crippen LogP contribution in [-0.4, -0.2) is 53.7 Å². The summed E-state index contributed by atoms with van der Waals surface area (Å²) in [5.74, 6) is -0.979. The highest BCUT2D eigenvalue weighted by atomic mass is 16.4. The van der Waals surface area contributed by atoms with Crippen molar-refractivity contribution in [2.75, 3.05) is 19.6 Å². The Balaban J connectivity index is 2.57. The summed E-state index contributed by atoms with van der Waals surface area (Å²) in [4.78, 5) is 24.7. The van der Waals surface area contributed by atoms with E-state index in [1.165, 1.54) is 0 Å². The number of urea groups is 1. The van der Waals surface area contributed by atoms with E-state index < -0.39 is 12.0 Å². The fourth-order valence-electron chi connectivity index (χ4n) is 2.26. The topological polar surface area (TPSA) is 81.7 Å². The highest BCUT2D eigenvalue weighted by molar-refractivity contribution is 5.82. The molecule has 1 aliphatic rings. The lowest BCUT2D eigenvalue weighted by Crippen LogP contribution is -2.53. The summed E-state index contributed by atoms with van der Waals surface area (Å²) in [7, 11) is 0. The Morgan fingerprint density at radius 1 is 1.39 bits per heavy atom. The first-order valence-corrected chi connectivity index (χ1v) is 6.60. The lowest BCUT2D eigenvalue weighted by atomic mass is 10.1. The van der Waals surface area contributed by atoms with Crippen LogP contribution in [0.25, 0.3) is 0 Å². The van der Waals surface area contributed by atoms with Crippen molar-refractivity contribution >= 4 is 12.0 Å². The number of nitrogens with zero attached hydrogens (tertiary/aromatic N) is 1. The molecule has 1 saturated heterocycles. The summed E-state index contributed by atoms with van der Waals surface area (Å²) in [6.07, 6.45) is 2.24. The minimum absolute atomic E-state index is 0.211. The molecular weight excluding hydrogens is 234 g/mol. The average Bonchev–Trinajstić information content (AvgIpc) is 2.37. The molecule has 6 nitrogen and oxygen atoms in total. The largest absolute Gasteiger partial charge is 0.480 e. The summed E-state index contributed by atoms with van der Waals surface area (Å²) in [6, 6.07) is -0.852. The van der Waals surface area contributed by atoms with Crippen LogP contribution in [0.3, 0.4) is 0 Å². The van der Waals surface area contributed by atoms with Crippen LogP contribution >= 0.6 is 0 Å². The minimum atomic E-state index is -0.979. The predicted octanol–water partition coefficient (Wildman–Crippen LogP) is 0.633. The smallest absolute Gasteiger partial charge is 0.326 e. The Bertz CT molecular complexity index is 290. The van der Waals surface area contributed by atoms with Crippen LogP contribution in [0.5, 0.6) is 0 Å². The van der Waals surface area contributed by atoms with Crippen LogP contribution in [-0.2, 0) is 4.79 Å². The number of hydrogen-bond acceptors (Lipinski definition) is 3. The molecule has 3 N–H and O–H groups in total. The standard InChI is InChI=1S/C12H23N3O3/c1-3-10(11(16)17)14-12(18)15(4-2)9-5-7-13-8-6-9/h9-10,13H,3-8H2,1-2H3,(H,14,18)(H,16,17)/t10-/m0/s1. The van der Waals surface area contributed by atoms with Crippen molar-refractivity contribution in [3.8, 4) is 0 Å². The summed E-state index contributed by atoms with van der Waals surface area (Å²) in [6.45, 7) is 6.09. The molecule has 104 valence electrons. The van der Waals surface area contributed by atoms with Gasteiger partial charge in [-0.2, -0.15) is 0 Å². The monoisotopic (exact) mass is 257 g/mol. The molecule has 6 heteroatoms. The Morgan fingerprint density at radius 3 is 2.44 bits per heavy atom. The summed E-state index contributed by atoms with van der Waals surface area (Å²) in [5.41, 5.74) is 0. The van der Waals surface area contributed by atoms with Gasteiger partial charge in [0.25, 0.3) is 0 Å². The van der Waals surface area contributed by atoms with Gasteiger partial charge in [0.1, 0.15) is 6.04 Å². The third-order valence-electron chi connectivity index (χ3n) is 3.36. The van der Waals surface area contributed by atoms with Crippen molar-refractivity contribution in [3.05, 3.63) is 0 Å². The number of aliphatic carboxylic acids is 1. The molecule has 2 amide bonds. The maximum Gasteiger partial charge on any atom is 0.326 e. The van der Waals surface area contributed by atoms with Gasteiger partial charge in [-0.1, -0.05) is 6.92 Å². The molecule has 0 bridgehead atoms. The molecule has 1 aliphatic heterocycles. The number of amides is 2. The summed E-state index contributed by atoms with van der Waals surface area (Å²) >= 11 is 0. The average molecular weight is 257 g/mol. The van der Waals surface area contributed by atoms with Crippen molar-refractivity contribution in [1.82, 2.24) is 15.5 Å². The van der Waals surface area contributed by atoms with Crippen LogP contribution in [0.4, 0.5) is 4.79 Å². The molecule has 0 spiro atoms. The Labute approximate surface area is 108 Å². The van der Waals surface area contributed by atoms with Gasteiger partial charge >= 0.3 is 12.0 Å². The predicted molar refractivity (Wildman–Crippen MR) is 68.5 cm³/mol. The normalized spacial score (nSPS) is 18.1. The first kappa shape index (κ1) is 14.8. The highest BCUT2D eigenvalue weighted by Crippen LogP contribution is 2.12. The molecule has 0 aliphatic carbocycles. The van der Waals surface area contributed by atoms with Gasteiger partial charge in [-0.3, -0.25) is 0 Å². The number of hydrogen-bond donors (Lipinski definition) is 3. The molecule has 0 unspecified atom stereocenters. The van der Waals surface area contributed by atoms with Crippen molar-refractivity contribution in [1.29, 1.82) is 0 Å². The molecule has 18 heavy (non-hydrogen) atoms. The van der Waals surface area contributed by atoms with E-state index in [9.17, 15) is 9.59 Å². The first-order valence-electron chi connectivity index (χ1n) is 6.60. The molecule has 0 aromatic rings. The van der Waals surface area contributed by atoms with Crippen molar-refractivity contribution < 1.29 is 14.7 Å². The van der Waals surface area contributed by atoms with E-state index in [0.29, 0.717) is 13.0 Å². The van der Waals surface area contributed by atoms with E-state index in [4.69, 9.17) is 5.11 Å². The maximum atomic E-state index is 12.1. The van der Waals surface area contributed by atoms with Gasteiger partial charge in [-0.15, -0.1) is 0 Å². The summed E-state index contributed by atoms with van der Waals surface area (Å²) in [5, 5.41) is 14.8. The zero-order valence-electron chi connectivity index (χ0n) is 11.1. The fourth-order valence-corrected chi connectivity index (χ4v) is 2.26. The lowest BCUT2D eigenvalue weighted by molar-refractivity contribution is -0.139. The summed E-state index contributed by atoms with van der Waals surface area (Å²) < 4.78 is 0. The van der Waals surface area contributed by atoms with E-state index >= 15 is 0 Å². The second-order valence-corrected chi connectivity index (χ2v) is 4.52. The zero-order chi connectivity index (χ0) is 13.5. The van der Waals surface area contributed by atoms with E-state index in [-0.39, 0.29) is 12.1 Å². The van der Waals surface area contributed by atoms with E-state index in [0.717, 1.165) is 25.9 Å². The second-order valence-electron chi connectivity index (χ2n) is 4.52. The van der Waals surface area contributed by atoms with Crippen LogP contribution < -0.4 is 10.6 Å². The van der Waals surface area contributed by atoms with Crippen molar-refractivity contribution in [3.63, 3.8) is 0 Å². The number of carboxylic acids is 1. The fraction of sp³-hybridized carbons (Fsp3) is 0.833. The third-order valence-corrected chi connectivity index (χ3v) is 3.36. The quantitative estimate of drug-likeness (QED) is 0.675. The van der Waals surface area contributed by atoms with Gasteiger partial charge in [-0.05, 0) is 39.3 Å². The number of carbonyl (C=O) groups excluding carboxylic acids is 1. The Morgan fingerprint density at radius 2 is 2.00 bits per heavy atom. The van der Waals surface area contributed by atoms with Crippen molar-refractivity contribution in [2.45, 2.75) is 45.2 Å². The van der Waals surface area contributed by atoms with E-state index in [1.54, 1.807) is 11.8 Å². The second kappa shape index (κ2) is 7.20. The first-order chi connectivity index (χ1) is 8.60. The van der Waals surface area contributed by atoms with Crippen LogP contribution in [0.15, 0.2) is 0 Å². The molecule has 1 atom stereocenters. The molecule has 0 aromatic heterocycles. The minimum Gasteiger partial charge on any atom is -0.480 e. The Kier molecular flexibility index (Phi) is 5.91. The molecule has 0 aromatic carbocycles. The number of rotatable bonds is 5. The van der Waals surface area contributed by atoms with Gasteiger partial charge in [0.05, 0.1) is 0 Å². The van der Waals surface area contributed by atoms with Crippen LogP contribution in [0, 0.1) is 0 Å². The molecule has 0 radical (unpaired) electrons. The molecule has 1 fully saturated rings. The molecule has 1 rings (SSSR count). The lowest BCUT2D eigenvalue weighted by Gasteiger charge is -2.34. The Hall–Kier alpha value is -1.30. The van der Waals surface area contributed by atoms with Crippen molar-refractivity contribution in [2.24, 2.45) is 0 Å². The maximum absolute atomic E-state index is 12.1. The van der Waals surface area contributed by atoms with E-state index in [1.807, 2.05) is 6.92 Å². The number of nitrogens with one attached hydrogen (secondary N) is 2. The highest BCUT2D eigenvalue weighted by Gasteiger charge is 2.26. The van der Waals surface area contributed by atoms with E-state index in [2.05, 4.69) is 10.6 Å². The van der Waals surface area contributed by atoms with Crippen LogP contribution in [0.1, 0.15) is 33.1 Å². The van der Waals surface area contributed by atoms with Crippen LogP contribution in [0.2, 0.25) is 0 Å². The van der Waals surface area contributed by atoms with Gasteiger partial charge in [0.2, 0.25) is 0 Å². The van der Waals surface area contributed by atoms with Gasteiger partial charge in [0.15, 0.2) is 0 Å². The molecule has 1 heterocycles. The zero-order valence-corrected chi connectivity index (χ0v) is 11.1. The number of carbonyl (C=O) groups is 2. The number of carboxylic acid groups (broad SMARTS) is 1. The van der Waals surface area contributed by atoms with Gasteiger partial charge < -0.3 is 20.6 Å². The third kappa shape index (κ3) is 3.87. The molecular formula is C12H23N3O3. The van der Waals surface area contributed by atoms with Gasteiger partial charge in [-0.25, -0.2) is 9.59 Å².